The van der Waals surface area contributed by atoms with E-state index in [1.165, 1.54) is 0 Å². The lowest BCUT2D eigenvalue weighted by Crippen LogP contribution is -2.10. The van der Waals surface area contributed by atoms with E-state index in [1.807, 2.05) is 37.3 Å². The maximum absolute atomic E-state index is 5.30. The minimum Gasteiger partial charge on any atom is -0.379 e. The molecule has 0 spiro atoms. The summed E-state index contributed by atoms with van der Waals surface area (Å²) < 4.78 is 10.4. The lowest BCUT2D eigenvalue weighted by molar-refractivity contribution is 0.0604. The van der Waals surface area contributed by atoms with E-state index in [-0.39, 0.29) is 0 Å². The lowest BCUT2D eigenvalue weighted by atomic mass is 10.3. The second kappa shape index (κ2) is 7.35. The molecule has 78 valence electrons. The highest BCUT2D eigenvalue weighted by atomic mass is 16.5. The van der Waals surface area contributed by atoms with Gasteiger partial charge < -0.3 is 14.8 Å². The van der Waals surface area contributed by atoms with Crippen LogP contribution in [0, 0.1) is 0 Å². The quantitative estimate of drug-likeness (QED) is 0.534. The Morgan fingerprint density at radius 3 is 2.50 bits per heavy atom. The smallest absolute Gasteiger partial charge is 0.116 e. The monoisotopic (exact) mass is 195 g/mol. The summed E-state index contributed by atoms with van der Waals surface area (Å²) in [6.07, 6.45) is 0. The van der Waals surface area contributed by atoms with Crippen molar-refractivity contribution in [2.75, 3.05) is 31.9 Å². The molecule has 0 saturated carbocycles. The van der Waals surface area contributed by atoms with Gasteiger partial charge in [-0.2, -0.15) is 0 Å². The zero-order valence-electron chi connectivity index (χ0n) is 8.53. The second-order valence-electron chi connectivity index (χ2n) is 2.79. The Labute approximate surface area is 85.0 Å². The Morgan fingerprint density at radius 2 is 1.79 bits per heavy atom. The van der Waals surface area contributed by atoms with E-state index in [0.717, 1.165) is 12.3 Å². The van der Waals surface area contributed by atoms with Crippen LogP contribution < -0.4 is 5.32 Å². The largest absolute Gasteiger partial charge is 0.379 e. The molecular weight excluding hydrogens is 178 g/mol. The number of para-hydroxylation sites is 1. The van der Waals surface area contributed by atoms with Gasteiger partial charge in [0.1, 0.15) is 6.73 Å². The average Bonchev–Trinajstić information content (AvgIpc) is 2.25. The highest BCUT2D eigenvalue weighted by molar-refractivity contribution is 5.41. The molecule has 1 aromatic carbocycles. The summed E-state index contributed by atoms with van der Waals surface area (Å²) in [7, 11) is 0. The second-order valence-corrected chi connectivity index (χ2v) is 2.79. The van der Waals surface area contributed by atoms with Gasteiger partial charge in [0.05, 0.1) is 13.2 Å². The Morgan fingerprint density at radius 1 is 1.07 bits per heavy atom. The molecule has 0 fully saturated rings. The van der Waals surface area contributed by atoms with E-state index >= 15 is 0 Å². The minimum atomic E-state index is 0.525. The number of benzene rings is 1. The molecule has 0 heterocycles. The number of nitrogens with one attached hydrogen (secondary N) is 1. The van der Waals surface area contributed by atoms with Crippen LogP contribution in [0.25, 0.3) is 0 Å². The first kappa shape index (κ1) is 11.0. The normalized spacial score (nSPS) is 10.1. The van der Waals surface area contributed by atoms with E-state index < -0.39 is 0 Å². The van der Waals surface area contributed by atoms with Crippen LogP contribution in [0.1, 0.15) is 6.92 Å². The third-order valence-electron chi connectivity index (χ3n) is 1.73. The van der Waals surface area contributed by atoms with Gasteiger partial charge in [-0.15, -0.1) is 0 Å². The number of rotatable bonds is 7. The van der Waals surface area contributed by atoms with Crippen LogP contribution in [-0.4, -0.2) is 26.6 Å². The third-order valence-corrected chi connectivity index (χ3v) is 1.73. The van der Waals surface area contributed by atoms with Gasteiger partial charge in [-0.1, -0.05) is 18.2 Å². The molecule has 0 bridgehead atoms. The van der Waals surface area contributed by atoms with Crippen molar-refractivity contribution < 1.29 is 9.47 Å². The van der Waals surface area contributed by atoms with Crippen LogP contribution in [-0.2, 0) is 9.47 Å². The van der Waals surface area contributed by atoms with Crippen LogP contribution in [0.3, 0.4) is 0 Å². The molecular formula is C11H17NO2. The predicted octanol–water partition coefficient (Wildman–Crippen LogP) is 2.11. The maximum Gasteiger partial charge on any atom is 0.116 e. The van der Waals surface area contributed by atoms with Crippen LogP contribution in [0.2, 0.25) is 0 Å². The van der Waals surface area contributed by atoms with Crippen molar-refractivity contribution in [1.82, 2.24) is 0 Å². The molecule has 1 N–H and O–H groups in total. The van der Waals surface area contributed by atoms with Crippen molar-refractivity contribution in [3.8, 4) is 0 Å². The highest BCUT2D eigenvalue weighted by Gasteiger charge is 1.89. The summed E-state index contributed by atoms with van der Waals surface area (Å²) in [6.45, 7) is 4.54. The standard InChI is InChI=1S/C11H17NO2/c1-2-13-8-9-14-10-12-11-6-4-3-5-7-11/h3-7,12H,2,8-10H2,1H3. The molecule has 1 rings (SSSR count). The van der Waals surface area contributed by atoms with E-state index in [4.69, 9.17) is 9.47 Å². The first-order valence-electron chi connectivity index (χ1n) is 4.88. The number of ether oxygens (including phenoxy) is 2. The molecule has 0 atom stereocenters. The SMILES string of the molecule is CCOCCOCNc1ccccc1. The van der Waals surface area contributed by atoms with Crippen LogP contribution >= 0.6 is 0 Å². The summed E-state index contributed by atoms with van der Waals surface area (Å²) in [5.74, 6) is 0. The summed E-state index contributed by atoms with van der Waals surface area (Å²) in [5, 5.41) is 3.14. The molecule has 0 saturated heterocycles. The van der Waals surface area contributed by atoms with Crippen molar-refractivity contribution >= 4 is 5.69 Å². The molecule has 0 aromatic heterocycles. The number of anilines is 1. The summed E-state index contributed by atoms with van der Waals surface area (Å²) in [6, 6.07) is 9.98. The van der Waals surface area contributed by atoms with Crippen LogP contribution in [0.15, 0.2) is 30.3 Å². The van der Waals surface area contributed by atoms with Gasteiger partial charge in [-0.25, -0.2) is 0 Å². The zero-order chi connectivity index (χ0) is 10.1. The van der Waals surface area contributed by atoms with E-state index in [1.54, 1.807) is 0 Å². The summed E-state index contributed by atoms with van der Waals surface area (Å²) in [5.41, 5.74) is 1.07. The number of hydrogen-bond donors (Lipinski definition) is 1. The maximum atomic E-state index is 5.30. The topological polar surface area (TPSA) is 30.5 Å². The molecule has 14 heavy (non-hydrogen) atoms. The highest BCUT2D eigenvalue weighted by Crippen LogP contribution is 2.03. The Bertz CT molecular complexity index is 226. The van der Waals surface area contributed by atoms with Crippen molar-refractivity contribution in [2.24, 2.45) is 0 Å². The minimum absolute atomic E-state index is 0.525. The van der Waals surface area contributed by atoms with Gasteiger partial charge in [0.25, 0.3) is 0 Å². The first-order chi connectivity index (χ1) is 6.93. The average molecular weight is 195 g/mol. The molecule has 1 aromatic rings. The fourth-order valence-electron chi connectivity index (χ4n) is 1.02. The molecule has 3 nitrogen and oxygen atoms in total. The van der Waals surface area contributed by atoms with Crippen molar-refractivity contribution in [1.29, 1.82) is 0 Å². The van der Waals surface area contributed by atoms with Gasteiger partial charge in [-0.05, 0) is 19.1 Å². The molecule has 0 unspecified atom stereocenters. The Hall–Kier alpha value is -1.06. The fourth-order valence-corrected chi connectivity index (χ4v) is 1.02. The molecule has 0 aliphatic rings. The fraction of sp³-hybridized carbons (Fsp3) is 0.455. The predicted molar refractivity (Wildman–Crippen MR) is 57.4 cm³/mol. The van der Waals surface area contributed by atoms with Gasteiger partial charge in [0.15, 0.2) is 0 Å². The zero-order valence-corrected chi connectivity index (χ0v) is 8.53. The first-order valence-corrected chi connectivity index (χ1v) is 4.88. The van der Waals surface area contributed by atoms with Crippen molar-refractivity contribution in [2.45, 2.75) is 6.92 Å². The summed E-state index contributed by atoms with van der Waals surface area (Å²) >= 11 is 0. The molecule has 3 heteroatoms. The van der Waals surface area contributed by atoms with Gasteiger partial charge in [0.2, 0.25) is 0 Å². The van der Waals surface area contributed by atoms with Crippen LogP contribution in [0.5, 0.6) is 0 Å². The van der Waals surface area contributed by atoms with Crippen molar-refractivity contribution in [3.63, 3.8) is 0 Å². The number of hydrogen-bond acceptors (Lipinski definition) is 3. The van der Waals surface area contributed by atoms with Crippen LogP contribution in [0.4, 0.5) is 5.69 Å². The summed E-state index contributed by atoms with van der Waals surface area (Å²) in [4.78, 5) is 0. The third kappa shape index (κ3) is 4.84. The van der Waals surface area contributed by atoms with Gasteiger partial charge in [-0.3, -0.25) is 0 Å². The van der Waals surface area contributed by atoms with Gasteiger partial charge in [0, 0.05) is 12.3 Å². The van der Waals surface area contributed by atoms with Crippen molar-refractivity contribution in [3.05, 3.63) is 30.3 Å². The Balaban J connectivity index is 1.99. The van der Waals surface area contributed by atoms with E-state index in [2.05, 4.69) is 5.32 Å². The molecule has 0 aliphatic heterocycles. The van der Waals surface area contributed by atoms with Gasteiger partial charge >= 0.3 is 0 Å². The lowest BCUT2D eigenvalue weighted by Gasteiger charge is -2.07. The molecule has 0 radical (unpaired) electrons. The Kier molecular flexibility index (Phi) is 5.79. The van der Waals surface area contributed by atoms with E-state index in [0.29, 0.717) is 19.9 Å². The van der Waals surface area contributed by atoms with E-state index in [9.17, 15) is 0 Å². The molecule has 0 aliphatic carbocycles. The molecule has 0 amide bonds.